The van der Waals surface area contributed by atoms with Crippen LogP contribution in [0.4, 0.5) is 22.7 Å². The summed E-state index contributed by atoms with van der Waals surface area (Å²) in [5, 5.41) is 3.00. The fourth-order valence-corrected chi connectivity index (χ4v) is 1.42. The summed E-state index contributed by atoms with van der Waals surface area (Å²) in [6.07, 6.45) is 0. The van der Waals surface area contributed by atoms with Crippen molar-refractivity contribution in [2.75, 3.05) is 42.8 Å². The third kappa shape index (κ3) is 5.21. The lowest BCUT2D eigenvalue weighted by atomic mass is 10.3. The zero-order chi connectivity index (χ0) is 14.3. The molecule has 102 valence electrons. The van der Waals surface area contributed by atoms with Gasteiger partial charge in [0, 0.05) is 43.9 Å². The number of benzene rings is 2. The molecule has 0 amide bonds. The third-order valence-corrected chi connectivity index (χ3v) is 2.61. The Morgan fingerprint density at radius 3 is 1.58 bits per heavy atom. The van der Waals surface area contributed by atoms with Crippen LogP contribution in [0.25, 0.3) is 0 Å². The lowest BCUT2D eigenvalue weighted by molar-refractivity contribution is 1.13. The molecule has 0 aliphatic carbocycles. The Morgan fingerprint density at radius 2 is 1.21 bits per heavy atom. The number of hydrogen-bond acceptors (Lipinski definition) is 4. The first-order valence-corrected chi connectivity index (χ1v) is 6.09. The normalized spacial score (nSPS) is 9.21. The fourth-order valence-electron chi connectivity index (χ4n) is 1.42. The highest BCUT2D eigenvalue weighted by Gasteiger charge is 1.91. The van der Waals surface area contributed by atoms with Crippen LogP contribution in [-0.4, -0.2) is 21.1 Å². The maximum atomic E-state index is 5.51. The van der Waals surface area contributed by atoms with E-state index in [-0.39, 0.29) is 0 Å². The maximum absolute atomic E-state index is 5.51. The molecular formula is C15H22N4. The van der Waals surface area contributed by atoms with E-state index in [1.807, 2.05) is 74.6 Å². The predicted octanol–water partition coefficient (Wildman–Crippen LogP) is 2.65. The van der Waals surface area contributed by atoms with E-state index in [0.717, 1.165) is 17.1 Å². The third-order valence-electron chi connectivity index (χ3n) is 2.61. The zero-order valence-corrected chi connectivity index (χ0v) is 11.7. The summed E-state index contributed by atoms with van der Waals surface area (Å²) in [6, 6.07) is 15.4. The smallest absolute Gasteiger partial charge is 0.0362 e. The molecule has 2 rings (SSSR count). The van der Waals surface area contributed by atoms with E-state index in [0.29, 0.717) is 0 Å². The minimum Gasteiger partial charge on any atom is -0.399 e. The quantitative estimate of drug-likeness (QED) is 0.724. The molecular weight excluding hydrogens is 236 g/mol. The van der Waals surface area contributed by atoms with Crippen LogP contribution in [0, 0.1) is 0 Å². The first kappa shape index (κ1) is 14.7. The molecule has 4 heteroatoms. The molecule has 0 bridgehead atoms. The molecule has 19 heavy (non-hydrogen) atoms. The Morgan fingerprint density at radius 1 is 0.789 bits per heavy atom. The van der Waals surface area contributed by atoms with Gasteiger partial charge in [0.25, 0.3) is 0 Å². The van der Waals surface area contributed by atoms with E-state index in [2.05, 4.69) is 5.32 Å². The van der Waals surface area contributed by atoms with Gasteiger partial charge in [-0.3, -0.25) is 0 Å². The van der Waals surface area contributed by atoms with Crippen LogP contribution in [-0.2, 0) is 0 Å². The number of rotatable bonds is 2. The first-order chi connectivity index (χ1) is 9.02. The summed E-state index contributed by atoms with van der Waals surface area (Å²) < 4.78 is 0. The molecule has 0 aliphatic heterocycles. The molecule has 0 heterocycles. The molecule has 0 radical (unpaired) electrons. The molecule has 0 spiro atoms. The number of nitrogen functional groups attached to an aromatic ring is 2. The van der Waals surface area contributed by atoms with Gasteiger partial charge in [0.2, 0.25) is 0 Å². The van der Waals surface area contributed by atoms with Crippen molar-refractivity contribution in [2.24, 2.45) is 0 Å². The van der Waals surface area contributed by atoms with E-state index >= 15 is 0 Å². The van der Waals surface area contributed by atoms with Crippen molar-refractivity contribution >= 4 is 22.7 Å². The van der Waals surface area contributed by atoms with Crippen molar-refractivity contribution in [2.45, 2.75) is 0 Å². The molecule has 0 unspecified atom stereocenters. The van der Waals surface area contributed by atoms with Crippen LogP contribution >= 0.6 is 0 Å². The van der Waals surface area contributed by atoms with Gasteiger partial charge in [-0.2, -0.15) is 0 Å². The maximum Gasteiger partial charge on any atom is 0.0362 e. The Kier molecular flexibility index (Phi) is 5.54. The Bertz CT molecular complexity index is 475. The second-order valence-corrected chi connectivity index (χ2v) is 4.36. The lowest BCUT2D eigenvalue weighted by Gasteiger charge is -2.11. The molecule has 0 aromatic heterocycles. The van der Waals surface area contributed by atoms with Crippen LogP contribution < -0.4 is 21.7 Å². The molecule has 0 atom stereocenters. The summed E-state index contributed by atoms with van der Waals surface area (Å²) in [4.78, 5) is 2.04. The molecule has 0 fully saturated rings. The minimum absolute atomic E-state index is 0.800. The van der Waals surface area contributed by atoms with Crippen molar-refractivity contribution in [1.82, 2.24) is 0 Å². The van der Waals surface area contributed by atoms with Gasteiger partial charge in [0.15, 0.2) is 0 Å². The number of nitrogens with one attached hydrogen (secondary N) is 1. The average molecular weight is 258 g/mol. The largest absolute Gasteiger partial charge is 0.399 e. The van der Waals surface area contributed by atoms with Crippen molar-refractivity contribution in [3.05, 3.63) is 48.5 Å². The van der Waals surface area contributed by atoms with Crippen molar-refractivity contribution in [1.29, 1.82) is 0 Å². The van der Waals surface area contributed by atoms with Crippen LogP contribution in [0.3, 0.4) is 0 Å². The van der Waals surface area contributed by atoms with Gasteiger partial charge < -0.3 is 21.7 Å². The van der Waals surface area contributed by atoms with E-state index < -0.39 is 0 Å². The zero-order valence-electron chi connectivity index (χ0n) is 11.7. The number of anilines is 4. The van der Waals surface area contributed by atoms with Gasteiger partial charge in [-0.1, -0.05) is 0 Å². The van der Waals surface area contributed by atoms with Gasteiger partial charge in [-0.05, 0) is 48.5 Å². The summed E-state index contributed by atoms with van der Waals surface area (Å²) in [6.45, 7) is 0. The minimum atomic E-state index is 0.800. The molecule has 5 N–H and O–H groups in total. The van der Waals surface area contributed by atoms with E-state index in [1.165, 1.54) is 5.69 Å². The highest BCUT2D eigenvalue weighted by Crippen LogP contribution is 2.12. The van der Waals surface area contributed by atoms with E-state index in [1.54, 1.807) is 0 Å². The van der Waals surface area contributed by atoms with Gasteiger partial charge in [0.05, 0.1) is 0 Å². The van der Waals surface area contributed by atoms with E-state index in [9.17, 15) is 0 Å². The number of nitrogens with zero attached hydrogens (tertiary/aromatic N) is 1. The number of hydrogen-bond donors (Lipinski definition) is 3. The second kappa shape index (κ2) is 7.16. The van der Waals surface area contributed by atoms with Crippen LogP contribution in [0.5, 0.6) is 0 Å². The van der Waals surface area contributed by atoms with Crippen molar-refractivity contribution in [3.63, 3.8) is 0 Å². The molecule has 0 saturated carbocycles. The predicted molar refractivity (Wildman–Crippen MR) is 85.6 cm³/mol. The molecule has 2 aromatic carbocycles. The Balaban J connectivity index is 0.000000191. The highest BCUT2D eigenvalue weighted by atomic mass is 15.1. The summed E-state index contributed by atoms with van der Waals surface area (Å²) >= 11 is 0. The number of nitrogens with two attached hydrogens (primary N) is 2. The van der Waals surface area contributed by atoms with Crippen LogP contribution in [0.2, 0.25) is 0 Å². The molecule has 4 nitrogen and oxygen atoms in total. The molecule has 0 saturated heterocycles. The molecule has 0 aliphatic rings. The Hall–Kier alpha value is -2.36. The lowest BCUT2D eigenvalue weighted by Crippen LogP contribution is -2.08. The van der Waals surface area contributed by atoms with Crippen LogP contribution in [0.15, 0.2) is 48.5 Å². The van der Waals surface area contributed by atoms with Gasteiger partial charge in [0.1, 0.15) is 0 Å². The van der Waals surface area contributed by atoms with Gasteiger partial charge >= 0.3 is 0 Å². The van der Waals surface area contributed by atoms with Crippen molar-refractivity contribution < 1.29 is 0 Å². The Labute approximate surface area is 115 Å². The summed E-state index contributed by atoms with van der Waals surface area (Å²) in [7, 11) is 5.89. The van der Waals surface area contributed by atoms with Crippen molar-refractivity contribution in [3.8, 4) is 0 Å². The standard InChI is InChI=1S/C8H12N2.C7H10N2/c1-10(2)8-5-3-7(9)4-6-8;1-9-7-4-2-6(8)3-5-7/h3-6H,9H2,1-2H3;2-5,9H,8H2,1H3. The molecule has 2 aromatic rings. The first-order valence-electron chi connectivity index (χ1n) is 6.09. The van der Waals surface area contributed by atoms with Gasteiger partial charge in [-0.25, -0.2) is 0 Å². The van der Waals surface area contributed by atoms with E-state index in [4.69, 9.17) is 11.5 Å². The SMILES string of the molecule is CN(C)c1ccc(N)cc1.CNc1ccc(N)cc1. The summed E-state index contributed by atoms with van der Waals surface area (Å²) in [5.74, 6) is 0. The highest BCUT2D eigenvalue weighted by molar-refractivity contribution is 5.52. The fraction of sp³-hybridized carbons (Fsp3) is 0.200. The monoisotopic (exact) mass is 258 g/mol. The second-order valence-electron chi connectivity index (χ2n) is 4.36. The van der Waals surface area contributed by atoms with Crippen LogP contribution in [0.1, 0.15) is 0 Å². The average Bonchev–Trinajstić information content (AvgIpc) is 2.41. The topological polar surface area (TPSA) is 67.3 Å². The summed E-state index contributed by atoms with van der Waals surface area (Å²) in [5.41, 5.74) is 14.8. The van der Waals surface area contributed by atoms with Gasteiger partial charge in [-0.15, -0.1) is 0 Å².